The van der Waals surface area contributed by atoms with E-state index >= 15 is 0 Å². The molecule has 2 N–H and O–H groups in total. The van der Waals surface area contributed by atoms with Gasteiger partial charge in [-0.3, -0.25) is 0 Å². The number of quaternary nitrogens is 1. The van der Waals surface area contributed by atoms with E-state index in [0.717, 1.165) is 5.92 Å². The maximum atomic E-state index is 2.48. The minimum atomic E-state index is 0.899. The van der Waals surface area contributed by atoms with Crippen LogP contribution in [0.4, 0.5) is 0 Å². The van der Waals surface area contributed by atoms with Gasteiger partial charge in [0.05, 0.1) is 13.1 Å². The van der Waals surface area contributed by atoms with Gasteiger partial charge in [0.2, 0.25) is 0 Å². The van der Waals surface area contributed by atoms with Crippen molar-refractivity contribution in [3.63, 3.8) is 0 Å². The SMILES string of the molecule is CCCCCC[NH2+]CC(C)CC. The second kappa shape index (κ2) is 9.05. The summed E-state index contributed by atoms with van der Waals surface area (Å²) in [7, 11) is 0. The maximum absolute atomic E-state index is 2.48. The van der Waals surface area contributed by atoms with Crippen LogP contribution in [-0.2, 0) is 0 Å². The van der Waals surface area contributed by atoms with Gasteiger partial charge in [-0.1, -0.05) is 33.6 Å². The highest BCUT2D eigenvalue weighted by atomic mass is 14.8. The number of rotatable bonds is 8. The van der Waals surface area contributed by atoms with Gasteiger partial charge in [-0.05, 0) is 19.3 Å². The molecule has 0 aliphatic rings. The van der Waals surface area contributed by atoms with Crippen molar-refractivity contribution in [1.82, 2.24) is 0 Å². The van der Waals surface area contributed by atoms with Crippen molar-refractivity contribution >= 4 is 0 Å². The van der Waals surface area contributed by atoms with Crippen LogP contribution in [0, 0.1) is 5.92 Å². The van der Waals surface area contributed by atoms with Crippen molar-refractivity contribution in [2.45, 2.75) is 52.9 Å². The van der Waals surface area contributed by atoms with E-state index < -0.39 is 0 Å². The lowest BCUT2D eigenvalue weighted by atomic mass is 10.1. The Bertz CT molecular complexity index is 81.1. The average molecular weight is 172 g/mol. The highest BCUT2D eigenvalue weighted by molar-refractivity contribution is 4.43. The lowest BCUT2D eigenvalue weighted by Gasteiger charge is -2.06. The topological polar surface area (TPSA) is 16.6 Å². The fourth-order valence-corrected chi connectivity index (χ4v) is 1.28. The molecule has 0 bridgehead atoms. The van der Waals surface area contributed by atoms with E-state index in [1.165, 1.54) is 45.2 Å². The van der Waals surface area contributed by atoms with E-state index in [2.05, 4.69) is 26.1 Å². The third-order valence-corrected chi connectivity index (χ3v) is 2.53. The Labute approximate surface area is 77.9 Å². The second-order valence-electron chi connectivity index (χ2n) is 3.89. The molecular formula is C11H26N+. The first-order chi connectivity index (χ1) is 5.81. The van der Waals surface area contributed by atoms with E-state index in [-0.39, 0.29) is 0 Å². The number of nitrogens with two attached hydrogens (primary N) is 1. The van der Waals surface area contributed by atoms with Crippen molar-refractivity contribution in [2.24, 2.45) is 5.92 Å². The monoisotopic (exact) mass is 172 g/mol. The Balaban J connectivity index is 2.90. The van der Waals surface area contributed by atoms with Crippen LogP contribution in [-0.4, -0.2) is 13.1 Å². The first-order valence-corrected chi connectivity index (χ1v) is 5.62. The van der Waals surface area contributed by atoms with Crippen molar-refractivity contribution < 1.29 is 5.32 Å². The summed E-state index contributed by atoms with van der Waals surface area (Å²) in [5.74, 6) is 0.899. The van der Waals surface area contributed by atoms with Crippen LogP contribution in [0.25, 0.3) is 0 Å². The molecule has 0 radical (unpaired) electrons. The van der Waals surface area contributed by atoms with Gasteiger partial charge in [-0.25, -0.2) is 0 Å². The van der Waals surface area contributed by atoms with Gasteiger partial charge < -0.3 is 5.32 Å². The van der Waals surface area contributed by atoms with E-state index in [4.69, 9.17) is 0 Å². The number of hydrogen-bond acceptors (Lipinski definition) is 0. The van der Waals surface area contributed by atoms with Crippen LogP contribution in [0.15, 0.2) is 0 Å². The van der Waals surface area contributed by atoms with Crippen LogP contribution < -0.4 is 5.32 Å². The molecule has 0 heterocycles. The summed E-state index contributed by atoms with van der Waals surface area (Å²) in [6.07, 6.45) is 6.92. The van der Waals surface area contributed by atoms with E-state index in [9.17, 15) is 0 Å². The molecule has 1 nitrogen and oxygen atoms in total. The van der Waals surface area contributed by atoms with Crippen LogP contribution in [0.1, 0.15) is 52.9 Å². The standard InChI is InChI=1S/C11H25N/c1-4-6-7-8-9-12-10-11(3)5-2/h11-12H,4-10H2,1-3H3/p+1. The summed E-state index contributed by atoms with van der Waals surface area (Å²) in [4.78, 5) is 0. The van der Waals surface area contributed by atoms with Gasteiger partial charge in [-0.2, -0.15) is 0 Å². The van der Waals surface area contributed by atoms with Crippen molar-refractivity contribution in [1.29, 1.82) is 0 Å². The molecule has 0 saturated carbocycles. The Morgan fingerprint density at radius 2 is 1.83 bits per heavy atom. The molecular weight excluding hydrogens is 146 g/mol. The molecule has 0 aromatic rings. The summed E-state index contributed by atoms with van der Waals surface area (Å²) < 4.78 is 0. The van der Waals surface area contributed by atoms with Gasteiger partial charge in [0.1, 0.15) is 0 Å². The van der Waals surface area contributed by atoms with Crippen LogP contribution in [0.2, 0.25) is 0 Å². The molecule has 0 spiro atoms. The van der Waals surface area contributed by atoms with E-state index in [0.29, 0.717) is 0 Å². The molecule has 74 valence electrons. The summed E-state index contributed by atoms with van der Waals surface area (Å²) >= 11 is 0. The molecule has 0 saturated heterocycles. The zero-order valence-electron chi connectivity index (χ0n) is 9.10. The minimum Gasteiger partial charge on any atom is -0.346 e. The quantitative estimate of drug-likeness (QED) is 0.540. The van der Waals surface area contributed by atoms with Crippen molar-refractivity contribution in [3.8, 4) is 0 Å². The smallest absolute Gasteiger partial charge is 0.0781 e. The summed E-state index contributed by atoms with van der Waals surface area (Å²) in [6.45, 7) is 9.54. The molecule has 1 heteroatoms. The Kier molecular flexibility index (Phi) is 9.02. The lowest BCUT2D eigenvalue weighted by Crippen LogP contribution is -2.85. The second-order valence-corrected chi connectivity index (χ2v) is 3.89. The normalized spacial score (nSPS) is 13.2. The first kappa shape index (κ1) is 12.0. The highest BCUT2D eigenvalue weighted by Gasteiger charge is 1.99. The lowest BCUT2D eigenvalue weighted by molar-refractivity contribution is -0.660. The Hall–Kier alpha value is -0.0400. The average Bonchev–Trinajstić information content (AvgIpc) is 2.10. The molecule has 0 fully saturated rings. The predicted octanol–water partition coefficient (Wildman–Crippen LogP) is 2.18. The summed E-state index contributed by atoms with van der Waals surface area (Å²) in [5, 5.41) is 2.48. The predicted molar refractivity (Wildman–Crippen MR) is 55.3 cm³/mol. The van der Waals surface area contributed by atoms with Crippen LogP contribution in [0.5, 0.6) is 0 Å². The largest absolute Gasteiger partial charge is 0.346 e. The van der Waals surface area contributed by atoms with Gasteiger partial charge in [0.15, 0.2) is 0 Å². The first-order valence-electron chi connectivity index (χ1n) is 5.62. The fraction of sp³-hybridized carbons (Fsp3) is 1.00. The summed E-state index contributed by atoms with van der Waals surface area (Å²) in [6, 6.07) is 0. The van der Waals surface area contributed by atoms with Gasteiger partial charge >= 0.3 is 0 Å². The van der Waals surface area contributed by atoms with Crippen LogP contribution in [0.3, 0.4) is 0 Å². The molecule has 12 heavy (non-hydrogen) atoms. The highest BCUT2D eigenvalue weighted by Crippen LogP contribution is 1.96. The number of hydrogen-bond donors (Lipinski definition) is 1. The van der Waals surface area contributed by atoms with Gasteiger partial charge in [0, 0.05) is 5.92 Å². The van der Waals surface area contributed by atoms with Crippen molar-refractivity contribution in [2.75, 3.05) is 13.1 Å². The van der Waals surface area contributed by atoms with Crippen LogP contribution >= 0.6 is 0 Å². The molecule has 1 atom stereocenters. The Morgan fingerprint density at radius 3 is 2.42 bits per heavy atom. The molecule has 0 aliphatic carbocycles. The minimum absolute atomic E-state index is 0.899. The summed E-state index contributed by atoms with van der Waals surface area (Å²) in [5.41, 5.74) is 0. The van der Waals surface area contributed by atoms with Gasteiger partial charge in [0.25, 0.3) is 0 Å². The third-order valence-electron chi connectivity index (χ3n) is 2.53. The fourth-order valence-electron chi connectivity index (χ4n) is 1.28. The Morgan fingerprint density at radius 1 is 1.08 bits per heavy atom. The third kappa shape index (κ3) is 8.06. The number of unbranched alkanes of at least 4 members (excludes halogenated alkanes) is 3. The van der Waals surface area contributed by atoms with Gasteiger partial charge in [-0.15, -0.1) is 0 Å². The molecule has 1 unspecified atom stereocenters. The molecule has 0 rings (SSSR count). The van der Waals surface area contributed by atoms with E-state index in [1.54, 1.807) is 0 Å². The van der Waals surface area contributed by atoms with Crippen molar-refractivity contribution in [3.05, 3.63) is 0 Å². The molecule has 0 aliphatic heterocycles. The molecule has 0 aromatic heterocycles. The zero-order chi connectivity index (χ0) is 9.23. The van der Waals surface area contributed by atoms with E-state index in [1.807, 2.05) is 0 Å². The molecule has 0 aromatic carbocycles. The molecule has 0 amide bonds. The maximum Gasteiger partial charge on any atom is 0.0781 e. The zero-order valence-corrected chi connectivity index (χ0v) is 9.10.